The molecule has 1 aromatic heterocycles. The first-order valence-corrected chi connectivity index (χ1v) is 6.33. The zero-order valence-corrected chi connectivity index (χ0v) is 12.2. The van der Waals surface area contributed by atoms with Crippen LogP contribution in [-0.2, 0) is 11.3 Å². The van der Waals surface area contributed by atoms with Gasteiger partial charge in [-0.2, -0.15) is 0 Å². The van der Waals surface area contributed by atoms with Crippen molar-refractivity contribution in [2.45, 2.75) is 20.5 Å². The molecule has 1 heterocycles. The monoisotopic (exact) mass is 273 g/mol. The Morgan fingerprint density at radius 1 is 1.15 bits per heavy atom. The number of methoxy groups -OCH3 is 2. The second kappa shape index (κ2) is 5.88. The minimum Gasteiger partial charge on any atom is -0.496 e. The lowest BCUT2D eigenvalue weighted by atomic mass is 10.0. The minimum absolute atomic E-state index is 0.325. The molecule has 0 bridgehead atoms. The molecule has 2 N–H and O–H groups in total. The molecule has 5 nitrogen and oxygen atoms in total. The maximum Gasteiger partial charge on any atom is 0.157 e. The average molecular weight is 273 g/mol. The van der Waals surface area contributed by atoms with Gasteiger partial charge in [-0.05, 0) is 31.0 Å². The molecule has 2 rings (SSSR count). The molecule has 0 aliphatic heterocycles. The highest BCUT2D eigenvalue weighted by atomic mass is 16.5. The van der Waals surface area contributed by atoms with Crippen molar-refractivity contribution >= 4 is 5.82 Å². The van der Waals surface area contributed by atoms with Crippen LogP contribution in [0.4, 0.5) is 5.82 Å². The first kappa shape index (κ1) is 14.3. The van der Waals surface area contributed by atoms with Crippen molar-refractivity contribution in [1.29, 1.82) is 0 Å². The number of benzene rings is 1. The summed E-state index contributed by atoms with van der Waals surface area (Å²) in [5.41, 5.74) is 9.75. The summed E-state index contributed by atoms with van der Waals surface area (Å²) in [6, 6.07) is 5.77. The summed E-state index contributed by atoms with van der Waals surface area (Å²) in [7, 11) is 3.26. The number of hydrogen-bond acceptors (Lipinski definition) is 5. The van der Waals surface area contributed by atoms with Gasteiger partial charge in [-0.3, -0.25) is 0 Å². The van der Waals surface area contributed by atoms with Crippen molar-refractivity contribution < 1.29 is 9.47 Å². The van der Waals surface area contributed by atoms with Gasteiger partial charge in [0.1, 0.15) is 18.2 Å². The third-order valence-electron chi connectivity index (χ3n) is 3.22. The summed E-state index contributed by atoms with van der Waals surface area (Å²) >= 11 is 0. The van der Waals surface area contributed by atoms with E-state index in [4.69, 9.17) is 15.2 Å². The summed E-state index contributed by atoms with van der Waals surface area (Å²) in [6.45, 7) is 4.40. The van der Waals surface area contributed by atoms with Crippen LogP contribution in [0.3, 0.4) is 0 Å². The molecule has 0 saturated carbocycles. The van der Waals surface area contributed by atoms with Crippen LogP contribution in [0.5, 0.6) is 5.75 Å². The van der Waals surface area contributed by atoms with Crippen molar-refractivity contribution in [1.82, 2.24) is 9.97 Å². The maximum absolute atomic E-state index is 5.84. The summed E-state index contributed by atoms with van der Waals surface area (Å²) in [5, 5.41) is 0. The van der Waals surface area contributed by atoms with Gasteiger partial charge in [-0.15, -0.1) is 0 Å². The van der Waals surface area contributed by atoms with E-state index < -0.39 is 0 Å². The quantitative estimate of drug-likeness (QED) is 0.926. The lowest BCUT2D eigenvalue weighted by Gasteiger charge is -2.14. The minimum atomic E-state index is 0.325. The smallest absolute Gasteiger partial charge is 0.157 e. The normalized spacial score (nSPS) is 10.6. The van der Waals surface area contributed by atoms with E-state index in [2.05, 4.69) is 9.97 Å². The lowest BCUT2D eigenvalue weighted by Crippen LogP contribution is -2.03. The number of rotatable bonds is 4. The highest BCUT2D eigenvalue weighted by molar-refractivity contribution is 5.71. The number of aryl methyl sites for hydroxylation is 1. The molecule has 0 spiro atoms. The molecule has 20 heavy (non-hydrogen) atoms. The SMILES string of the molecule is COCc1nc(N)cc(-c2ccc(C)c(C)c2OC)n1. The number of nitrogens with two attached hydrogens (primary N) is 1. The van der Waals surface area contributed by atoms with Gasteiger partial charge in [0.25, 0.3) is 0 Å². The zero-order valence-electron chi connectivity index (χ0n) is 12.2. The predicted octanol–water partition coefficient (Wildman–Crippen LogP) is 2.50. The van der Waals surface area contributed by atoms with Crippen molar-refractivity contribution in [2.75, 3.05) is 20.0 Å². The van der Waals surface area contributed by atoms with E-state index in [1.165, 1.54) is 5.56 Å². The highest BCUT2D eigenvalue weighted by Gasteiger charge is 2.13. The van der Waals surface area contributed by atoms with Crippen molar-refractivity contribution in [3.63, 3.8) is 0 Å². The Bertz CT molecular complexity index is 627. The molecule has 0 aliphatic carbocycles. The molecule has 0 radical (unpaired) electrons. The molecular formula is C15H19N3O2. The lowest BCUT2D eigenvalue weighted by molar-refractivity contribution is 0.178. The number of anilines is 1. The second-order valence-electron chi connectivity index (χ2n) is 4.62. The van der Waals surface area contributed by atoms with Gasteiger partial charge in [0.05, 0.1) is 12.8 Å². The molecule has 0 amide bonds. The van der Waals surface area contributed by atoms with E-state index in [1.807, 2.05) is 26.0 Å². The molecule has 2 aromatic rings. The molecule has 0 saturated heterocycles. The Labute approximate surface area is 118 Å². The highest BCUT2D eigenvalue weighted by Crippen LogP contribution is 2.34. The van der Waals surface area contributed by atoms with Gasteiger partial charge >= 0.3 is 0 Å². The fourth-order valence-electron chi connectivity index (χ4n) is 2.10. The Balaban J connectivity index is 2.59. The Kier molecular flexibility index (Phi) is 4.20. The second-order valence-corrected chi connectivity index (χ2v) is 4.62. The van der Waals surface area contributed by atoms with E-state index in [0.29, 0.717) is 18.2 Å². The number of aromatic nitrogens is 2. The summed E-state index contributed by atoms with van der Waals surface area (Å²) in [5.74, 6) is 1.79. The van der Waals surface area contributed by atoms with E-state index in [-0.39, 0.29) is 0 Å². The fraction of sp³-hybridized carbons (Fsp3) is 0.333. The summed E-state index contributed by atoms with van der Waals surface area (Å²) in [6.07, 6.45) is 0. The Morgan fingerprint density at radius 2 is 1.90 bits per heavy atom. The summed E-state index contributed by atoms with van der Waals surface area (Å²) in [4.78, 5) is 8.62. The van der Waals surface area contributed by atoms with Gasteiger partial charge in [0.2, 0.25) is 0 Å². The molecule has 0 fully saturated rings. The van der Waals surface area contributed by atoms with E-state index >= 15 is 0 Å². The first-order valence-electron chi connectivity index (χ1n) is 6.33. The van der Waals surface area contributed by atoms with E-state index in [9.17, 15) is 0 Å². The standard InChI is InChI=1S/C15H19N3O2/c1-9-5-6-11(15(20-4)10(9)2)12-7-13(16)18-14(17-12)8-19-3/h5-7H,8H2,1-4H3,(H2,16,17,18). The van der Waals surface area contributed by atoms with Crippen LogP contribution in [-0.4, -0.2) is 24.2 Å². The van der Waals surface area contributed by atoms with Gasteiger partial charge in [-0.25, -0.2) is 9.97 Å². The van der Waals surface area contributed by atoms with Crippen LogP contribution in [0.15, 0.2) is 18.2 Å². The van der Waals surface area contributed by atoms with Crippen LogP contribution in [0.25, 0.3) is 11.3 Å². The van der Waals surface area contributed by atoms with Crippen LogP contribution in [0.1, 0.15) is 17.0 Å². The summed E-state index contributed by atoms with van der Waals surface area (Å²) < 4.78 is 10.6. The maximum atomic E-state index is 5.84. The topological polar surface area (TPSA) is 70.3 Å². The van der Waals surface area contributed by atoms with E-state index in [1.54, 1.807) is 20.3 Å². The molecule has 0 unspecified atom stereocenters. The zero-order chi connectivity index (χ0) is 14.7. The third kappa shape index (κ3) is 2.72. The van der Waals surface area contributed by atoms with Crippen LogP contribution in [0, 0.1) is 13.8 Å². The van der Waals surface area contributed by atoms with E-state index in [0.717, 1.165) is 22.6 Å². The largest absolute Gasteiger partial charge is 0.496 e. The Hall–Kier alpha value is -2.14. The Morgan fingerprint density at radius 3 is 2.55 bits per heavy atom. The molecule has 0 aliphatic rings. The number of hydrogen-bond donors (Lipinski definition) is 1. The number of nitrogen functional groups attached to an aromatic ring is 1. The van der Waals surface area contributed by atoms with Crippen LogP contribution in [0.2, 0.25) is 0 Å². The van der Waals surface area contributed by atoms with Gasteiger partial charge in [0.15, 0.2) is 5.82 Å². The van der Waals surface area contributed by atoms with Crippen LogP contribution >= 0.6 is 0 Å². The average Bonchev–Trinajstić information content (AvgIpc) is 2.41. The van der Waals surface area contributed by atoms with Crippen molar-refractivity contribution in [2.24, 2.45) is 0 Å². The van der Waals surface area contributed by atoms with Crippen LogP contribution < -0.4 is 10.5 Å². The first-order chi connectivity index (χ1) is 9.56. The molecule has 106 valence electrons. The molecule has 5 heteroatoms. The molecular weight excluding hydrogens is 254 g/mol. The van der Waals surface area contributed by atoms with Gasteiger partial charge in [0, 0.05) is 18.7 Å². The third-order valence-corrected chi connectivity index (χ3v) is 3.22. The van der Waals surface area contributed by atoms with Gasteiger partial charge < -0.3 is 15.2 Å². The van der Waals surface area contributed by atoms with Crippen molar-refractivity contribution in [3.8, 4) is 17.0 Å². The molecule has 1 aromatic carbocycles. The predicted molar refractivity (Wildman–Crippen MR) is 78.6 cm³/mol. The molecule has 0 atom stereocenters. The van der Waals surface area contributed by atoms with Gasteiger partial charge in [-0.1, -0.05) is 6.07 Å². The fourth-order valence-corrected chi connectivity index (χ4v) is 2.10. The number of ether oxygens (including phenoxy) is 2. The van der Waals surface area contributed by atoms with Crippen molar-refractivity contribution in [3.05, 3.63) is 35.2 Å². The number of nitrogens with zero attached hydrogens (tertiary/aromatic N) is 2.